The third kappa shape index (κ3) is 34.8. The van der Waals surface area contributed by atoms with Crippen LogP contribution >= 0.6 is 0 Å². The van der Waals surface area contributed by atoms with Crippen molar-refractivity contribution in [2.24, 2.45) is 11.8 Å². The summed E-state index contributed by atoms with van der Waals surface area (Å²) in [6.45, 7) is 11.3. The molecule has 3 atom stereocenters. The second-order valence-corrected chi connectivity index (χ2v) is 15.5. The molecule has 0 aliphatic rings. The lowest BCUT2D eigenvalue weighted by Crippen LogP contribution is -2.30. The van der Waals surface area contributed by atoms with Gasteiger partial charge in [-0.05, 0) is 31.1 Å². The molecule has 6 nitrogen and oxygen atoms in total. The average molecular weight is 709 g/mol. The summed E-state index contributed by atoms with van der Waals surface area (Å²) in [5.41, 5.74) is 0. The molecule has 0 aliphatic heterocycles. The quantitative estimate of drug-likeness (QED) is 0.0361. The highest BCUT2D eigenvalue weighted by atomic mass is 16.6. The number of ether oxygens (including phenoxy) is 3. The van der Waals surface area contributed by atoms with Crippen LogP contribution in [0.1, 0.15) is 234 Å². The second-order valence-electron chi connectivity index (χ2n) is 15.5. The molecule has 6 heteroatoms. The van der Waals surface area contributed by atoms with Gasteiger partial charge in [0, 0.05) is 19.3 Å². The van der Waals surface area contributed by atoms with Gasteiger partial charge in [-0.3, -0.25) is 14.4 Å². The minimum absolute atomic E-state index is 0.0663. The molecule has 0 radical (unpaired) electrons. The predicted octanol–water partition coefficient (Wildman–Crippen LogP) is 13.4. The summed E-state index contributed by atoms with van der Waals surface area (Å²) >= 11 is 0. The van der Waals surface area contributed by atoms with Gasteiger partial charge in [-0.1, -0.05) is 195 Å². The van der Waals surface area contributed by atoms with Gasteiger partial charge in [-0.25, -0.2) is 0 Å². The Hall–Kier alpha value is -1.59. The molecule has 0 bridgehead atoms. The molecule has 0 saturated carbocycles. The van der Waals surface area contributed by atoms with Crippen molar-refractivity contribution in [2.75, 3.05) is 13.2 Å². The molecule has 0 spiro atoms. The van der Waals surface area contributed by atoms with Crippen LogP contribution in [0.4, 0.5) is 0 Å². The van der Waals surface area contributed by atoms with Crippen molar-refractivity contribution in [1.29, 1.82) is 0 Å². The normalized spacial score (nSPS) is 13.1. The van der Waals surface area contributed by atoms with E-state index < -0.39 is 6.10 Å². The summed E-state index contributed by atoms with van der Waals surface area (Å²) in [5.74, 6) is 0.797. The number of rotatable bonds is 38. The summed E-state index contributed by atoms with van der Waals surface area (Å²) in [6, 6.07) is 0. The van der Waals surface area contributed by atoms with E-state index in [-0.39, 0.29) is 31.1 Å². The Labute approximate surface area is 310 Å². The van der Waals surface area contributed by atoms with Crippen LogP contribution in [0, 0.1) is 11.8 Å². The fourth-order valence-corrected chi connectivity index (χ4v) is 6.33. The number of carbonyl (C=O) groups is 3. The first-order valence-corrected chi connectivity index (χ1v) is 21.8. The number of hydrogen-bond acceptors (Lipinski definition) is 6. The van der Waals surface area contributed by atoms with E-state index in [1.807, 2.05) is 0 Å². The van der Waals surface area contributed by atoms with Gasteiger partial charge in [0.05, 0.1) is 0 Å². The predicted molar refractivity (Wildman–Crippen MR) is 210 cm³/mol. The lowest BCUT2D eigenvalue weighted by molar-refractivity contribution is -0.167. The van der Waals surface area contributed by atoms with Crippen LogP contribution in [0.15, 0.2) is 0 Å². The minimum Gasteiger partial charge on any atom is -0.462 e. The minimum atomic E-state index is -0.760. The first-order chi connectivity index (χ1) is 24.3. The molecule has 296 valence electrons. The highest BCUT2D eigenvalue weighted by molar-refractivity contribution is 5.71. The Morgan fingerprint density at radius 3 is 1.04 bits per heavy atom. The Balaban J connectivity index is 4.36. The molecule has 0 N–H and O–H groups in total. The molecule has 0 fully saturated rings. The second kappa shape index (κ2) is 37.2. The van der Waals surface area contributed by atoms with Crippen LogP contribution in [0.3, 0.4) is 0 Å². The zero-order valence-electron chi connectivity index (χ0n) is 34.0. The average Bonchev–Trinajstić information content (AvgIpc) is 3.11. The largest absolute Gasteiger partial charge is 0.462 e. The fourth-order valence-electron chi connectivity index (χ4n) is 6.33. The van der Waals surface area contributed by atoms with E-state index in [4.69, 9.17) is 14.2 Å². The van der Waals surface area contributed by atoms with Gasteiger partial charge in [0.25, 0.3) is 0 Å². The van der Waals surface area contributed by atoms with Gasteiger partial charge >= 0.3 is 17.9 Å². The fraction of sp³-hybridized carbons (Fsp3) is 0.932. The highest BCUT2D eigenvalue weighted by Gasteiger charge is 2.19. The van der Waals surface area contributed by atoms with Gasteiger partial charge in [-0.15, -0.1) is 0 Å². The van der Waals surface area contributed by atoms with Crippen molar-refractivity contribution in [2.45, 2.75) is 240 Å². The van der Waals surface area contributed by atoms with E-state index in [0.717, 1.165) is 69.6 Å². The Kier molecular flexibility index (Phi) is 36.0. The van der Waals surface area contributed by atoms with Gasteiger partial charge in [0.1, 0.15) is 13.2 Å². The van der Waals surface area contributed by atoms with E-state index >= 15 is 0 Å². The molecule has 0 saturated heterocycles. The first-order valence-electron chi connectivity index (χ1n) is 21.8. The summed E-state index contributed by atoms with van der Waals surface area (Å²) < 4.78 is 16.7. The standard InChI is InChI=1S/C44H84O6/c1-6-9-10-11-12-13-14-19-26-31-36-44(47)50-41(38-49-43(46)35-30-25-21-20-23-28-33-40(5)8-3)37-48-42(45)34-29-24-18-16-15-17-22-27-32-39(4)7-2/h39-41H,6-38H2,1-5H3/t39?,40?,41-/m1/s1. The van der Waals surface area contributed by atoms with Gasteiger partial charge in [-0.2, -0.15) is 0 Å². The molecule has 2 unspecified atom stereocenters. The van der Waals surface area contributed by atoms with Crippen LogP contribution in [0.2, 0.25) is 0 Å². The van der Waals surface area contributed by atoms with Crippen LogP contribution < -0.4 is 0 Å². The van der Waals surface area contributed by atoms with Gasteiger partial charge in [0.15, 0.2) is 6.10 Å². The molecule has 0 aromatic carbocycles. The molecule has 0 aromatic rings. The smallest absolute Gasteiger partial charge is 0.306 e. The third-order valence-electron chi connectivity index (χ3n) is 10.4. The summed E-state index contributed by atoms with van der Waals surface area (Å²) in [6.07, 6.45) is 33.7. The van der Waals surface area contributed by atoms with Crippen molar-refractivity contribution >= 4 is 17.9 Å². The van der Waals surface area contributed by atoms with Crippen molar-refractivity contribution in [1.82, 2.24) is 0 Å². The summed E-state index contributed by atoms with van der Waals surface area (Å²) in [7, 11) is 0. The van der Waals surface area contributed by atoms with E-state index in [1.54, 1.807) is 0 Å². The molecule has 0 heterocycles. The van der Waals surface area contributed by atoms with Crippen molar-refractivity contribution < 1.29 is 28.6 Å². The maximum atomic E-state index is 12.6. The zero-order chi connectivity index (χ0) is 36.9. The van der Waals surface area contributed by atoms with Crippen LogP contribution in [-0.4, -0.2) is 37.2 Å². The van der Waals surface area contributed by atoms with E-state index in [0.29, 0.717) is 19.3 Å². The SMILES string of the molecule is CCCCCCCCCCCCC(=O)O[C@H](COC(=O)CCCCCCCCCCC(C)CC)COC(=O)CCCCCCCCC(C)CC. The molecule has 0 aliphatic carbocycles. The first kappa shape index (κ1) is 48.4. The number of hydrogen-bond donors (Lipinski definition) is 0. The van der Waals surface area contributed by atoms with E-state index in [2.05, 4.69) is 34.6 Å². The summed E-state index contributed by atoms with van der Waals surface area (Å²) in [5, 5.41) is 0. The van der Waals surface area contributed by atoms with E-state index in [9.17, 15) is 14.4 Å². The molecular formula is C44H84O6. The van der Waals surface area contributed by atoms with Crippen LogP contribution in [-0.2, 0) is 28.6 Å². The Bertz CT molecular complexity index is 768. The number of carbonyl (C=O) groups excluding carboxylic acids is 3. The van der Waals surface area contributed by atoms with Crippen molar-refractivity contribution in [3.63, 3.8) is 0 Å². The molecule has 0 amide bonds. The van der Waals surface area contributed by atoms with Crippen molar-refractivity contribution in [3.05, 3.63) is 0 Å². The van der Waals surface area contributed by atoms with Crippen LogP contribution in [0.25, 0.3) is 0 Å². The zero-order valence-corrected chi connectivity index (χ0v) is 34.0. The molecular weight excluding hydrogens is 624 g/mol. The Morgan fingerprint density at radius 2 is 0.700 bits per heavy atom. The van der Waals surface area contributed by atoms with E-state index in [1.165, 1.54) is 122 Å². The highest BCUT2D eigenvalue weighted by Crippen LogP contribution is 2.17. The van der Waals surface area contributed by atoms with Crippen molar-refractivity contribution in [3.8, 4) is 0 Å². The maximum absolute atomic E-state index is 12.6. The summed E-state index contributed by atoms with van der Waals surface area (Å²) in [4.78, 5) is 37.6. The topological polar surface area (TPSA) is 78.9 Å². The maximum Gasteiger partial charge on any atom is 0.306 e. The van der Waals surface area contributed by atoms with Crippen LogP contribution in [0.5, 0.6) is 0 Å². The molecule has 0 aromatic heterocycles. The monoisotopic (exact) mass is 709 g/mol. The van der Waals surface area contributed by atoms with Gasteiger partial charge in [0.2, 0.25) is 0 Å². The molecule has 0 rings (SSSR count). The third-order valence-corrected chi connectivity index (χ3v) is 10.4. The Morgan fingerprint density at radius 1 is 0.400 bits per heavy atom. The van der Waals surface area contributed by atoms with Gasteiger partial charge < -0.3 is 14.2 Å². The lowest BCUT2D eigenvalue weighted by Gasteiger charge is -2.18. The lowest BCUT2D eigenvalue weighted by atomic mass is 9.99. The number of unbranched alkanes of at least 4 members (excludes halogenated alkanes) is 21. The number of esters is 3. The molecule has 50 heavy (non-hydrogen) atoms.